The van der Waals surface area contributed by atoms with Crippen molar-refractivity contribution in [2.75, 3.05) is 6.54 Å². The Kier molecular flexibility index (Phi) is 3.58. The Labute approximate surface area is 136 Å². The van der Waals surface area contributed by atoms with Crippen LogP contribution in [0.25, 0.3) is 11.1 Å². The summed E-state index contributed by atoms with van der Waals surface area (Å²) in [7, 11) is 0. The monoisotopic (exact) mass is 313 g/mol. The highest BCUT2D eigenvalue weighted by atomic mass is 16.5. The van der Waals surface area contributed by atoms with E-state index in [1.54, 1.807) is 0 Å². The molecule has 0 N–H and O–H groups in total. The predicted octanol–water partition coefficient (Wildman–Crippen LogP) is 3.81. The molecule has 1 aliphatic carbocycles. The van der Waals surface area contributed by atoms with Crippen molar-refractivity contribution < 1.29 is 9.32 Å². The minimum absolute atomic E-state index is 0.122. The van der Waals surface area contributed by atoms with E-state index in [2.05, 4.69) is 22.0 Å². The lowest BCUT2D eigenvalue weighted by atomic mass is 9.98. The largest absolute Gasteiger partial charge is 0.336 e. The quantitative estimate of drug-likeness (QED) is 0.864. The van der Waals surface area contributed by atoms with Crippen LogP contribution in [0.1, 0.15) is 73.1 Å². The number of likely N-dealkylation sites (tertiary alicyclic amines) is 1. The molecule has 1 amide bonds. The summed E-state index contributed by atoms with van der Waals surface area (Å²) in [6.07, 6.45) is 6.73. The molecule has 2 aromatic rings. The second kappa shape index (κ2) is 5.62. The second-order valence-electron chi connectivity index (χ2n) is 6.87. The van der Waals surface area contributed by atoms with Crippen molar-refractivity contribution in [2.45, 2.75) is 64.3 Å². The molecule has 5 nitrogen and oxygen atoms in total. The van der Waals surface area contributed by atoms with Gasteiger partial charge in [-0.15, -0.1) is 0 Å². The molecule has 1 saturated carbocycles. The number of piperidine rings is 1. The fraction of sp³-hybridized carbons (Fsp3) is 0.611. The molecule has 0 aromatic carbocycles. The van der Waals surface area contributed by atoms with Crippen molar-refractivity contribution in [3.8, 4) is 0 Å². The number of hydrogen-bond donors (Lipinski definition) is 0. The van der Waals surface area contributed by atoms with Crippen LogP contribution in [0, 0.1) is 6.92 Å². The zero-order chi connectivity index (χ0) is 16.0. The fourth-order valence-electron chi connectivity index (χ4n) is 3.72. The Morgan fingerprint density at radius 1 is 1.35 bits per heavy atom. The maximum atomic E-state index is 13.3. The number of aromatic nitrogens is 2. The third-order valence-electron chi connectivity index (χ3n) is 5.22. The van der Waals surface area contributed by atoms with Gasteiger partial charge < -0.3 is 9.42 Å². The first kappa shape index (κ1) is 14.7. The average molecular weight is 313 g/mol. The van der Waals surface area contributed by atoms with Gasteiger partial charge in [0, 0.05) is 24.2 Å². The van der Waals surface area contributed by atoms with Crippen molar-refractivity contribution in [1.29, 1.82) is 0 Å². The molecule has 1 saturated heterocycles. The van der Waals surface area contributed by atoms with E-state index in [9.17, 15) is 4.79 Å². The summed E-state index contributed by atoms with van der Waals surface area (Å²) in [6.45, 7) is 4.90. The van der Waals surface area contributed by atoms with Gasteiger partial charge in [0.15, 0.2) is 0 Å². The minimum atomic E-state index is 0.122. The Balaban J connectivity index is 1.79. The van der Waals surface area contributed by atoms with Crippen molar-refractivity contribution in [3.05, 3.63) is 23.0 Å². The number of amides is 1. The van der Waals surface area contributed by atoms with Gasteiger partial charge in [0.25, 0.3) is 11.6 Å². The number of fused-ring (bicyclic) bond motifs is 1. The molecule has 1 atom stereocenters. The van der Waals surface area contributed by atoms with Crippen LogP contribution in [0.15, 0.2) is 10.6 Å². The van der Waals surface area contributed by atoms with Crippen LogP contribution in [-0.2, 0) is 0 Å². The second-order valence-corrected chi connectivity index (χ2v) is 6.87. The lowest BCUT2D eigenvalue weighted by Gasteiger charge is -2.35. The third-order valence-corrected chi connectivity index (χ3v) is 5.22. The maximum Gasteiger partial charge on any atom is 0.259 e. The summed E-state index contributed by atoms with van der Waals surface area (Å²) in [4.78, 5) is 19.9. The van der Waals surface area contributed by atoms with E-state index in [0.717, 1.165) is 61.0 Å². The average Bonchev–Trinajstić information content (AvgIpc) is 3.37. The number of nitrogens with zero attached hydrogens (tertiary/aromatic N) is 3. The standard InChI is InChI=1S/C18H23N3O2/c1-3-13-6-4-5-9-21(13)18(22)14-10-15(12-7-8-12)19-17-16(14)11(2)20-23-17/h10,12-13H,3-9H2,1-2H3. The topological polar surface area (TPSA) is 59.2 Å². The molecule has 0 bridgehead atoms. The summed E-state index contributed by atoms with van der Waals surface area (Å²) in [5.41, 5.74) is 2.99. The van der Waals surface area contributed by atoms with Gasteiger partial charge in [-0.25, -0.2) is 4.98 Å². The SMILES string of the molecule is CCC1CCCCN1C(=O)c1cc(C2CC2)nc2onc(C)c12. The number of hydrogen-bond acceptors (Lipinski definition) is 4. The molecule has 0 spiro atoms. The van der Waals surface area contributed by atoms with Crippen LogP contribution in [0.2, 0.25) is 0 Å². The van der Waals surface area contributed by atoms with Crippen LogP contribution in [0.4, 0.5) is 0 Å². The first-order chi connectivity index (χ1) is 11.2. The van der Waals surface area contributed by atoms with Crippen molar-refractivity contribution >= 4 is 17.0 Å². The Morgan fingerprint density at radius 2 is 2.17 bits per heavy atom. The maximum absolute atomic E-state index is 13.3. The molecular formula is C18H23N3O2. The molecule has 0 radical (unpaired) electrons. The number of aryl methyl sites for hydroxylation is 1. The summed E-state index contributed by atoms with van der Waals surface area (Å²) >= 11 is 0. The highest BCUT2D eigenvalue weighted by molar-refractivity contribution is 6.06. The summed E-state index contributed by atoms with van der Waals surface area (Å²) < 4.78 is 5.37. The van der Waals surface area contributed by atoms with Gasteiger partial charge in [0.1, 0.15) is 0 Å². The Morgan fingerprint density at radius 3 is 2.91 bits per heavy atom. The van der Waals surface area contributed by atoms with E-state index in [1.807, 2.05) is 13.0 Å². The molecule has 1 aliphatic heterocycles. The third kappa shape index (κ3) is 2.52. The molecule has 5 heteroatoms. The van der Waals surface area contributed by atoms with Crippen LogP contribution in [0.5, 0.6) is 0 Å². The first-order valence-electron chi connectivity index (χ1n) is 8.77. The van der Waals surface area contributed by atoms with Gasteiger partial charge in [-0.1, -0.05) is 12.1 Å². The van der Waals surface area contributed by atoms with E-state index in [4.69, 9.17) is 4.52 Å². The van der Waals surface area contributed by atoms with Gasteiger partial charge in [0.05, 0.1) is 16.6 Å². The van der Waals surface area contributed by atoms with Crippen LogP contribution in [-0.4, -0.2) is 33.5 Å². The van der Waals surface area contributed by atoms with E-state index >= 15 is 0 Å². The Hall–Kier alpha value is -1.91. The summed E-state index contributed by atoms with van der Waals surface area (Å²) in [5.74, 6) is 0.608. The smallest absolute Gasteiger partial charge is 0.259 e. The fourth-order valence-corrected chi connectivity index (χ4v) is 3.72. The molecule has 1 unspecified atom stereocenters. The molecule has 2 aliphatic rings. The molecule has 122 valence electrons. The predicted molar refractivity (Wildman–Crippen MR) is 87.5 cm³/mol. The number of rotatable bonds is 3. The van der Waals surface area contributed by atoms with Crippen LogP contribution >= 0.6 is 0 Å². The molecule has 2 fully saturated rings. The van der Waals surface area contributed by atoms with E-state index in [-0.39, 0.29) is 5.91 Å². The lowest BCUT2D eigenvalue weighted by Crippen LogP contribution is -2.43. The molecule has 4 rings (SSSR count). The lowest BCUT2D eigenvalue weighted by molar-refractivity contribution is 0.0610. The van der Waals surface area contributed by atoms with Gasteiger partial charge >= 0.3 is 0 Å². The molecular weight excluding hydrogens is 290 g/mol. The molecule has 2 aromatic heterocycles. The Bertz CT molecular complexity index is 748. The zero-order valence-corrected chi connectivity index (χ0v) is 13.8. The summed E-state index contributed by atoms with van der Waals surface area (Å²) in [5, 5.41) is 4.83. The van der Waals surface area contributed by atoms with Crippen molar-refractivity contribution in [3.63, 3.8) is 0 Å². The minimum Gasteiger partial charge on any atom is -0.336 e. The summed E-state index contributed by atoms with van der Waals surface area (Å²) in [6, 6.07) is 2.34. The number of pyridine rings is 1. The van der Waals surface area contributed by atoms with Gasteiger partial charge in [-0.2, -0.15) is 0 Å². The molecule has 23 heavy (non-hydrogen) atoms. The highest BCUT2D eigenvalue weighted by Crippen LogP contribution is 2.40. The first-order valence-corrected chi connectivity index (χ1v) is 8.77. The van der Waals surface area contributed by atoms with E-state index in [1.165, 1.54) is 6.42 Å². The normalized spacial score (nSPS) is 21.8. The highest BCUT2D eigenvalue weighted by Gasteiger charge is 2.32. The van der Waals surface area contributed by atoms with E-state index < -0.39 is 0 Å². The van der Waals surface area contributed by atoms with Gasteiger partial charge in [0.2, 0.25) is 0 Å². The van der Waals surface area contributed by atoms with Gasteiger partial charge in [-0.05, 0) is 51.5 Å². The number of carbonyl (C=O) groups is 1. The zero-order valence-electron chi connectivity index (χ0n) is 13.8. The van der Waals surface area contributed by atoms with Crippen LogP contribution in [0.3, 0.4) is 0 Å². The van der Waals surface area contributed by atoms with Crippen molar-refractivity contribution in [1.82, 2.24) is 15.0 Å². The molecule has 3 heterocycles. The van der Waals surface area contributed by atoms with Crippen LogP contribution < -0.4 is 0 Å². The number of carbonyl (C=O) groups excluding carboxylic acids is 1. The van der Waals surface area contributed by atoms with E-state index in [0.29, 0.717) is 17.7 Å². The van der Waals surface area contributed by atoms with Gasteiger partial charge in [-0.3, -0.25) is 4.79 Å². The van der Waals surface area contributed by atoms with Crippen molar-refractivity contribution in [2.24, 2.45) is 0 Å².